The minimum atomic E-state index is 0.300. The molecule has 0 bridgehead atoms. The molecule has 1 aliphatic heterocycles. The van der Waals surface area contributed by atoms with Gasteiger partial charge < -0.3 is 5.11 Å². The Morgan fingerprint density at radius 3 is 3.05 bits per heavy atom. The number of aromatic hydroxyl groups is 1. The van der Waals surface area contributed by atoms with Crippen LogP contribution in [0.1, 0.15) is 37.7 Å². The van der Waals surface area contributed by atoms with Gasteiger partial charge in [0.15, 0.2) is 0 Å². The lowest BCUT2D eigenvalue weighted by atomic mass is 9.59. The van der Waals surface area contributed by atoms with E-state index in [9.17, 15) is 5.11 Å². The van der Waals surface area contributed by atoms with Crippen LogP contribution in [0.15, 0.2) is 36.9 Å². The van der Waals surface area contributed by atoms with Crippen LogP contribution in [0.3, 0.4) is 0 Å². The molecule has 0 radical (unpaired) electrons. The molecular weight excluding hydrogens is 246 g/mol. The van der Waals surface area contributed by atoms with Crippen LogP contribution in [0.4, 0.5) is 0 Å². The third kappa shape index (κ3) is 2.37. The van der Waals surface area contributed by atoms with Gasteiger partial charge in [0.1, 0.15) is 5.75 Å². The number of benzene rings is 1. The molecular formula is C18H25NO. The number of nitrogens with zero attached hydrogens (tertiary/aromatic N) is 1. The van der Waals surface area contributed by atoms with E-state index in [1.807, 2.05) is 18.2 Å². The summed E-state index contributed by atoms with van der Waals surface area (Å²) >= 11 is 0. The standard InChI is InChI=1S/C18H25NO/c1-2-11-19-12-10-18(9-4-3-6-16(18)14-19)15-7-5-8-17(20)13-15/h2,5,7-8,13,16,20H,1,3-4,6,9-12,14H2. The Morgan fingerprint density at radius 2 is 2.25 bits per heavy atom. The van der Waals surface area contributed by atoms with Crippen LogP contribution in [0.25, 0.3) is 0 Å². The number of hydrogen-bond acceptors (Lipinski definition) is 2. The number of rotatable bonds is 3. The maximum absolute atomic E-state index is 9.84. The molecule has 1 heterocycles. The molecule has 2 fully saturated rings. The first-order valence-corrected chi connectivity index (χ1v) is 7.87. The molecule has 2 heteroatoms. The molecule has 1 aromatic rings. The summed E-state index contributed by atoms with van der Waals surface area (Å²) in [7, 11) is 0. The smallest absolute Gasteiger partial charge is 0.115 e. The number of hydrogen-bond donors (Lipinski definition) is 1. The average Bonchev–Trinajstić information content (AvgIpc) is 2.47. The minimum absolute atomic E-state index is 0.300. The van der Waals surface area contributed by atoms with Gasteiger partial charge in [-0.05, 0) is 49.4 Å². The van der Waals surface area contributed by atoms with Crippen molar-refractivity contribution in [1.29, 1.82) is 0 Å². The van der Waals surface area contributed by atoms with E-state index in [0.29, 0.717) is 11.2 Å². The van der Waals surface area contributed by atoms with E-state index in [2.05, 4.69) is 17.5 Å². The third-order valence-corrected chi connectivity index (χ3v) is 5.37. The summed E-state index contributed by atoms with van der Waals surface area (Å²) in [5.41, 5.74) is 1.66. The monoisotopic (exact) mass is 271 g/mol. The summed E-state index contributed by atoms with van der Waals surface area (Å²) in [5.74, 6) is 1.14. The largest absolute Gasteiger partial charge is 0.508 e. The lowest BCUT2D eigenvalue weighted by Gasteiger charge is -2.51. The molecule has 108 valence electrons. The maximum Gasteiger partial charge on any atom is 0.115 e. The Bertz CT molecular complexity index is 484. The van der Waals surface area contributed by atoms with E-state index in [1.165, 1.54) is 44.2 Å². The first kappa shape index (κ1) is 13.7. The summed E-state index contributed by atoms with van der Waals surface area (Å²) in [6.45, 7) is 7.21. The van der Waals surface area contributed by atoms with Gasteiger partial charge in [-0.1, -0.05) is 31.1 Å². The first-order chi connectivity index (χ1) is 9.74. The Morgan fingerprint density at radius 1 is 1.35 bits per heavy atom. The lowest BCUT2D eigenvalue weighted by molar-refractivity contribution is 0.0627. The van der Waals surface area contributed by atoms with Crippen molar-refractivity contribution in [2.45, 2.75) is 37.5 Å². The van der Waals surface area contributed by atoms with E-state index in [-0.39, 0.29) is 0 Å². The summed E-state index contributed by atoms with van der Waals surface area (Å²) in [5, 5.41) is 9.84. The van der Waals surface area contributed by atoms with Crippen LogP contribution in [-0.4, -0.2) is 29.6 Å². The van der Waals surface area contributed by atoms with Crippen LogP contribution in [0.5, 0.6) is 5.75 Å². The van der Waals surface area contributed by atoms with Crippen molar-refractivity contribution in [1.82, 2.24) is 4.90 Å². The Hall–Kier alpha value is -1.28. The van der Waals surface area contributed by atoms with Crippen LogP contribution >= 0.6 is 0 Å². The zero-order valence-corrected chi connectivity index (χ0v) is 12.2. The lowest BCUT2D eigenvalue weighted by Crippen LogP contribution is -2.51. The second kappa shape index (κ2) is 5.61. The molecule has 1 N–H and O–H groups in total. The Kier molecular flexibility index (Phi) is 3.84. The SMILES string of the molecule is C=CCN1CCC2(c3cccc(O)c3)CCCCC2C1. The second-order valence-corrected chi connectivity index (χ2v) is 6.45. The van der Waals surface area contributed by atoms with E-state index < -0.39 is 0 Å². The highest BCUT2D eigenvalue weighted by Gasteiger charge is 2.45. The van der Waals surface area contributed by atoms with Gasteiger partial charge in [-0.15, -0.1) is 6.58 Å². The highest BCUT2D eigenvalue weighted by atomic mass is 16.3. The van der Waals surface area contributed by atoms with Crippen molar-refractivity contribution in [3.8, 4) is 5.75 Å². The van der Waals surface area contributed by atoms with E-state index >= 15 is 0 Å². The van der Waals surface area contributed by atoms with Crippen LogP contribution < -0.4 is 0 Å². The normalized spacial score (nSPS) is 30.7. The molecule has 1 saturated carbocycles. The quantitative estimate of drug-likeness (QED) is 0.847. The fraction of sp³-hybridized carbons (Fsp3) is 0.556. The molecule has 0 spiro atoms. The first-order valence-electron chi connectivity index (χ1n) is 7.87. The minimum Gasteiger partial charge on any atom is -0.508 e. The Labute approximate surface area is 122 Å². The molecule has 0 aromatic heterocycles. The zero-order chi connectivity index (χ0) is 14.0. The fourth-order valence-corrected chi connectivity index (χ4v) is 4.36. The predicted molar refractivity (Wildman–Crippen MR) is 83.0 cm³/mol. The van der Waals surface area contributed by atoms with Crippen molar-refractivity contribution in [3.05, 3.63) is 42.5 Å². The third-order valence-electron chi connectivity index (χ3n) is 5.37. The van der Waals surface area contributed by atoms with Gasteiger partial charge in [0.25, 0.3) is 0 Å². The van der Waals surface area contributed by atoms with E-state index in [4.69, 9.17) is 0 Å². The van der Waals surface area contributed by atoms with Crippen LogP contribution in [0.2, 0.25) is 0 Å². The van der Waals surface area contributed by atoms with Crippen molar-refractivity contribution in [3.63, 3.8) is 0 Å². The molecule has 1 aliphatic carbocycles. The van der Waals surface area contributed by atoms with Crippen molar-refractivity contribution >= 4 is 0 Å². The molecule has 2 aliphatic rings. The molecule has 2 unspecified atom stereocenters. The zero-order valence-electron chi connectivity index (χ0n) is 12.2. The van der Waals surface area contributed by atoms with Gasteiger partial charge in [0, 0.05) is 18.5 Å². The predicted octanol–water partition coefficient (Wildman–Crippen LogP) is 3.71. The van der Waals surface area contributed by atoms with Gasteiger partial charge in [-0.2, -0.15) is 0 Å². The molecule has 0 amide bonds. The number of piperidine rings is 1. The summed E-state index contributed by atoms with van der Waals surface area (Å²) in [6, 6.07) is 8.01. The number of phenolic OH excluding ortho intramolecular Hbond substituents is 1. The van der Waals surface area contributed by atoms with Gasteiger partial charge in [0.05, 0.1) is 0 Å². The van der Waals surface area contributed by atoms with Gasteiger partial charge >= 0.3 is 0 Å². The number of phenols is 1. The average molecular weight is 271 g/mol. The fourth-order valence-electron chi connectivity index (χ4n) is 4.36. The summed E-state index contributed by atoms with van der Waals surface area (Å²) in [6.07, 6.45) is 8.52. The molecule has 3 rings (SSSR count). The Balaban J connectivity index is 1.90. The molecule has 2 nitrogen and oxygen atoms in total. The highest BCUT2D eigenvalue weighted by Crippen LogP contribution is 2.49. The number of likely N-dealkylation sites (tertiary alicyclic amines) is 1. The summed E-state index contributed by atoms with van der Waals surface area (Å²) in [4.78, 5) is 2.53. The van der Waals surface area contributed by atoms with Crippen LogP contribution in [-0.2, 0) is 5.41 Å². The van der Waals surface area contributed by atoms with Gasteiger partial charge in [-0.3, -0.25) is 4.90 Å². The molecule has 1 aromatic carbocycles. The topological polar surface area (TPSA) is 23.5 Å². The van der Waals surface area contributed by atoms with Crippen molar-refractivity contribution in [2.75, 3.05) is 19.6 Å². The second-order valence-electron chi connectivity index (χ2n) is 6.45. The van der Waals surface area contributed by atoms with Crippen LogP contribution in [0, 0.1) is 5.92 Å². The van der Waals surface area contributed by atoms with E-state index in [1.54, 1.807) is 6.07 Å². The van der Waals surface area contributed by atoms with Gasteiger partial charge in [-0.25, -0.2) is 0 Å². The van der Waals surface area contributed by atoms with E-state index in [0.717, 1.165) is 19.0 Å². The maximum atomic E-state index is 9.84. The highest BCUT2D eigenvalue weighted by molar-refractivity contribution is 5.35. The van der Waals surface area contributed by atoms with Gasteiger partial charge in [0.2, 0.25) is 0 Å². The van der Waals surface area contributed by atoms with Crippen molar-refractivity contribution < 1.29 is 5.11 Å². The number of fused-ring (bicyclic) bond motifs is 1. The molecule has 2 atom stereocenters. The van der Waals surface area contributed by atoms with Crippen molar-refractivity contribution in [2.24, 2.45) is 5.92 Å². The molecule has 20 heavy (non-hydrogen) atoms. The summed E-state index contributed by atoms with van der Waals surface area (Å²) < 4.78 is 0. The molecule has 1 saturated heterocycles.